The first-order valence-corrected chi connectivity index (χ1v) is 17.7. The van der Waals surface area contributed by atoms with Gasteiger partial charge in [-0.15, -0.1) is 0 Å². The lowest BCUT2D eigenvalue weighted by atomic mass is 10.1. The molecule has 11 rings (SSSR count). The fourth-order valence-corrected chi connectivity index (χ4v) is 8.20. The Morgan fingerprint density at radius 3 is 1.67 bits per heavy atom. The molecule has 0 saturated carbocycles. The Hall–Kier alpha value is -7.04. The number of fused-ring (bicyclic) bond motifs is 9. The van der Waals surface area contributed by atoms with Crippen molar-refractivity contribution in [1.82, 2.24) is 19.1 Å². The lowest BCUT2D eigenvalue weighted by Crippen LogP contribution is -2.00. The second-order valence-corrected chi connectivity index (χ2v) is 13.4. The third-order valence-corrected chi connectivity index (χ3v) is 10.5. The average Bonchev–Trinajstić information content (AvgIpc) is 3.74. The molecule has 4 heteroatoms. The van der Waals surface area contributed by atoms with Crippen molar-refractivity contribution < 1.29 is 0 Å². The van der Waals surface area contributed by atoms with Crippen LogP contribution in [-0.4, -0.2) is 19.1 Å². The molecule has 0 bridgehead atoms. The first-order chi connectivity index (χ1) is 25.8. The molecule has 11 aromatic rings. The maximum Gasteiger partial charge on any atom is 0.160 e. The zero-order valence-electron chi connectivity index (χ0n) is 28.1. The molecule has 0 amide bonds. The Kier molecular flexibility index (Phi) is 6.22. The maximum atomic E-state index is 5.15. The number of hydrogen-bond donors (Lipinski definition) is 0. The Bertz CT molecular complexity index is 3160. The van der Waals surface area contributed by atoms with Crippen molar-refractivity contribution in [3.05, 3.63) is 182 Å². The molecule has 52 heavy (non-hydrogen) atoms. The summed E-state index contributed by atoms with van der Waals surface area (Å²) in [6.07, 6.45) is 0. The Balaban J connectivity index is 1.18. The van der Waals surface area contributed by atoms with Gasteiger partial charge in [-0.25, -0.2) is 9.97 Å². The summed E-state index contributed by atoms with van der Waals surface area (Å²) in [4.78, 5) is 10.2. The van der Waals surface area contributed by atoms with Gasteiger partial charge in [0.15, 0.2) is 5.82 Å². The van der Waals surface area contributed by atoms with Crippen molar-refractivity contribution in [2.75, 3.05) is 0 Å². The fourth-order valence-electron chi connectivity index (χ4n) is 8.20. The van der Waals surface area contributed by atoms with Crippen LogP contribution in [-0.2, 0) is 0 Å². The number of nitrogens with zero attached hydrogens (tertiary/aromatic N) is 4. The van der Waals surface area contributed by atoms with Crippen molar-refractivity contribution in [3.8, 4) is 34.0 Å². The summed E-state index contributed by atoms with van der Waals surface area (Å²) in [7, 11) is 0. The number of rotatable bonds is 4. The minimum Gasteiger partial charge on any atom is -0.307 e. The van der Waals surface area contributed by atoms with Gasteiger partial charge in [0.1, 0.15) is 0 Å². The van der Waals surface area contributed by atoms with Crippen LogP contribution in [0.15, 0.2) is 182 Å². The van der Waals surface area contributed by atoms with E-state index >= 15 is 0 Å². The van der Waals surface area contributed by atoms with Crippen LogP contribution in [0, 0.1) is 0 Å². The molecule has 0 atom stereocenters. The zero-order valence-corrected chi connectivity index (χ0v) is 28.1. The standard InChI is InChI=1S/C48H30N4/c1-2-14-32(15-3-1)45-40-20-6-9-21-41(40)49-48(50-45)33-25-27-34(28-26-33)51-43-22-10-7-18-36(43)38-29-30-39-37-19-8-11-23-44(37)52(47(39)46(38)51)42-24-12-16-31-13-4-5-17-35(31)42/h1-30H. The molecule has 3 heterocycles. The largest absolute Gasteiger partial charge is 0.307 e. The van der Waals surface area contributed by atoms with Gasteiger partial charge in [0.25, 0.3) is 0 Å². The average molecular weight is 663 g/mol. The molecule has 3 aromatic heterocycles. The van der Waals surface area contributed by atoms with E-state index < -0.39 is 0 Å². The molecule has 0 fully saturated rings. The molecule has 0 radical (unpaired) electrons. The molecule has 0 aliphatic rings. The summed E-state index contributed by atoms with van der Waals surface area (Å²) in [6.45, 7) is 0. The molecule has 0 N–H and O–H groups in total. The van der Waals surface area contributed by atoms with E-state index in [2.05, 4.69) is 179 Å². The van der Waals surface area contributed by atoms with E-state index in [-0.39, 0.29) is 0 Å². The minimum absolute atomic E-state index is 0.713. The summed E-state index contributed by atoms with van der Waals surface area (Å²) in [5.41, 5.74) is 10.9. The number of para-hydroxylation sites is 3. The normalized spacial score (nSPS) is 11.8. The molecular formula is C48H30N4. The van der Waals surface area contributed by atoms with Gasteiger partial charge < -0.3 is 9.13 Å². The second kappa shape index (κ2) is 11.2. The molecular weight excluding hydrogens is 633 g/mol. The highest BCUT2D eigenvalue weighted by atomic mass is 15.0. The van der Waals surface area contributed by atoms with Gasteiger partial charge in [-0.2, -0.15) is 0 Å². The van der Waals surface area contributed by atoms with Crippen LogP contribution >= 0.6 is 0 Å². The second-order valence-electron chi connectivity index (χ2n) is 13.4. The van der Waals surface area contributed by atoms with Crippen LogP contribution in [0.5, 0.6) is 0 Å². The molecule has 8 aromatic carbocycles. The highest BCUT2D eigenvalue weighted by Crippen LogP contribution is 2.42. The summed E-state index contributed by atoms with van der Waals surface area (Å²) in [5.74, 6) is 0.713. The number of aromatic nitrogens is 4. The quantitative estimate of drug-likeness (QED) is 0.188. The summed E-state index contributed by atoms with van der Waals surface area (Å²) >= 11 is 0. The maximum absolute atomic E-state index is 5.15. The van der Waals surface area contributed by atoms with Gasteiger partial charge in [-0.3, -0.25) is 0 Å². The predicted molar refractivity (Wildman–Crippen MR) is 217 cm³/mol. The molecule has 0 saturated heterocycles. The van der Waals surface area contributed by atoms with E-state index in [1.807, 2.05) is 12.1 Å². The van der Waals surface area contributed by atoms with Crippen molar-refractivity contribution >= 4 is 65.3 Å². The van der Waals surface area contributed by atoms with Gasteiger partial charge in [0.05, 0.1) is 39.0 Å². The fraction of sp³-hybridized carbons (Fsp3) is 0. The van der Waals surface area contributed by atoms with Crippen LogP contribution in [0.4, 0.5) is 0 Å². The summed E-state index contributed by atoms with van der Waals surface area (Å²) in [5, 5.41) is 8.41. The molecule has 242 valence electrons. The lowest BCUT2D eigenvalue weighted by Gasteiger charge is -2.15. The van der Waals surface area contributed by atoms with E-state index in [4.69, 9.17) is 9.97 Å². The molecule has 0 aliphatic heterocycles. The highest BCUT2D eigenvalue weighted by Gasteiger charge is 2.22. The first kappa shape index (κ1) is 28.8. The Labute approximate surface area is 299 Å². The Morgan fingerprint density at radius 1 is 0.346 bits per heavy atom. The van der Waals surface area contributed by atoms with Gasteiger partial charge in [0.2, 0.25) is 0 Å². The molecule has 0 spiro atoms. The van der Waals surface area contributed by atoms with Crippen molar-refractivity contribution in [1.29, 1.82) is 0 Å². The lowest BCUT2D eigenvalue weighted by molar-refractivity contribution is 1.15. The van der Waals surface area contributed by atoms with Crippen molar-refractivity contribution in [3.63, 3.8) is 0 Å². The van der Waals surface area contributed by atoms with Gasteiger partial charge in [-0.1, -0.05) is 133 Å². The third kappa shape index (κ3) is 4.21. The van der Waals surface area contributed by atoms with E-state index in [0.717, 1.165) is 33.4 Å². The van der Waals surface area contributed by atoms with Gasteiger partial charge in [0, 0.05) is 49.1 Å². The van der Waals surface area contributed by atoms with Crippen molar-refractivity contribution in [2.24, 2.45) is 0 Å². The summed E-state index contributed by atoms with van der Waals surface area (Å²) < 4.78 is 4.92. The third-order valence-electron chi connectivity index (χ3n) is 10.5. The van der Waals surface area contributed by atoms with E-state index in [1.54, 1.807) is 0 Å². The highest BCUT2D eigenvalue weighted by molar-refractivity contribution is 6.24. The van der Waals surface area contributed by atoms with Crippen LogP contribution in [0.2, 0.25) is 0 Å². The van der Waals surface area contributed by atoms with Crippen LogP contribution in [0.3, 0.4) is 0 Å². The topological polar surface area (TPSA) is 35.6 Å². The number of benzene rings is 8. The zero-order chi connectivity index (χ0) is 34.2. The van der Waals surface area contributed by atoms with Crippen LogP contribution in [0.1, 0.15) is 0 Å². The monoisotopic (exact) mass is 662 g/mol. The minimum atomic E-state index is 0.713. The van der Waals surface area contributed by atoms with Gasteiger partial charge >= 0.3 is 0 Å². The van der Waals surface area contributed by atoms with E-state index in [0.29, 0.717) is 5.82 Å². The predicted octanol–water partition coefficient (Wildman–Crippen LogP) is 12.3. The van der Waals surface area contributed by atoms with Crippen LogP contribution in [0.25, 0.3) is 99.3 Å². The molecule has 4 nitrogen and oxygen atoms in total. The smallest absolute Gasteiger partial charge is 0.160 e. The van der Waals surface area contributed by atoms with Gasteiger partial charge in [-0.05, 0) is 53.9 Å². The van der Waals surface area contributed by atoms with E-state index in [1.165, 1.54) is 60.1 Å². The van der Waals surface area contributed by atoms with E-state index in [9.17, 15) is 0 Å². The first-order valence-electron chi connectivity index (χ1n) is 17.7. The Morgan fingerprint density at radius 2 is 0.923 bits per heavy atom. The molecule has 0 aliphatic carbocycles. The summed E-state index contributed by atoms with van der Waals surface area (Å²) in [6, 6.07) is 64.9. The SMILES string of the molecule is c1ccc(-c2nc(-c3ccc(-n4c5ccccc5c5ccc6c7ccccc7n(-c7cccc8ccccc78)c6c54)cc3)nc3ccccc23)cc1. The molecule has 0 unspecified atom stereocenters. The van der Waals surface area contributed by atoms with Crippen LogP contribution < -0.4 is 0 Å². The van der Waals surface area contributed by atoms with Crippen molar-refractivity contribution in [2.45, 2.75) is 0 Å². The number of hydrogen-bond acceptors (Lipinski definition) is 2.